The number of nitrogens with one attached hydrogen (secondary N) is 1. The molecule has 0 saturated carbocycles. The van der Waals surface area contributed by atoms with E-state index in [0.29, 0.717) is 0 Å². The van der Waals surface area contributed by atoms with Gasteiger partial charge in [-0.05, 0) is 88.5 Å². The van der Waals surface area contributed by atoms with Crippen molar-refractivity contribution >= 4 is 50.6 Å². The predicted molar refractivity (Wildman–Crippen MR) is 201 cm³/mol. The number of benzene rings is 6. The van der Waals surface area contributed by atoms with E-state index in [1.807, 2.05) is 60.8 Å². The number of para-hydroxylation sites is 4. The summed E-state index contributed by atoms with van der Waals surface area (Å²) >= 11 is 0. The maximum Gasteiger partial charge on any atom is 0.135 e. The fourth-order valence-corrected chi connectivity index (χ4v) is 7.51. The van der Waals surface area contributed by atoms with Crippen molar-refractivity contribution in [2.24, 2.45) is 0 Å². The summed E-state index contributed by atoms with van der Waals surface area (Å²) in [7, 11) is 0. The van der Waals surface area contributed by atoms with Gasteiger partial charge in [0.05, 0.1) is 11.0 Å². The fraction of sp³-hybridized carbons (Fsp3) is 0.0667. The average molecular weight is 619 g/mol. The maximum absolute atomic E-state index is 6.35. The molecule has 0 spiro atoms. The van der Waals surface area contributed by atoms with Crippen LogP contribution < -0.4 is 16.0 Å². The normalized spacial score (nSPS) is 14.4. The Morgan fingerprint density at radius 3 is 2.00 bits per heavy atom. The lowest BCUT2D eigenvalue weighted by molar-refractivity contribution is 0.576. The molecule has 8 aromatic rings. The van der Waals surface area contributed by atoms with Crippen LogP contribution in [0.2, 0.25) is 0 Å². The van der Waals surface area contributed by atoms with Crippen LogP contribution in [0, 0.1) is 0 Å². The summed E-state index contributed by atoms with van der Waals surface area (Å²) in [6.45, 7) is 4.71. The van der Waals surface area contributed by atoms with Crippen molar-refractivity contribution in [1.29, 1.82) is 0 Å². The Balaban J connectivity index is 1.13. The zero-order chi connectivity index (χ0) is 32.2. The number of hydrogen-bond donors (Lipinski definition) is 1. The summed E-state index contributed by atoms with van der Waals surface area (Å²) in [5.74, 6) is 0. The van der Waals surface area contributed by atoms with Crippen molar-refractivity contribution in [2.45, 2.75) is 19.3 Å². The van der Waals surface area contributed by atoms with E-state index in [1.165, 1.54) is 49.7 Å². The van der Waals surface area contributed by atoms with E-state index in [-0.39, 0.29) is 5.41 Å². The molecule has 0 atom stereocenters. The predicted octanol–water partition coefficient (Wildman–Crippen LogP) is 10.1. The van der Waals surface area contributed by atoms with Crippen LogP contribution in [0.25, 0.3) is 61.7 Å². The Kier molecular flexibility index (Phi) is 6.48. The highest BCUT2D eigenvalue weighted by molar-refractivity contribution is 6.09. The van der Waals surface area contributed by atoms with Crippen molar-refractivity contribution in [2.75, 3.05) is 5.32 Å². The summed E-state index contributed by atoms with van der Waals surface area (Å²) in [6.07, 6.45) is 8.23. The molecule has 0 radical (unpaired) electrons. The Morgan fingerprint density at radius 1 is 0.625 bits per heavy atom. The van der Waals surface area contributed by atoms with Gasteiger partial charge in [-0.1, -0.05) is 111 Å². The van der Waals surface area contributed by atoms with E-state index in [4.69, 9.17) is 4.42 Å². The number of aromatic nitrogens is 1. The van der Waals surface area contributed by atoms with Gasteiger partial charge < -0.3 is 14.3 Å². The van der Waals surface area contributed by atoms with Gasteiger partial charge >= 0.3 is 0 Å². The number of allylic oxidation sites excluding steroid dienone is 1. The molecule has 0 amide bonds. The first-order valence-corrected chi connectivity index (χ1v) is 16.5. The third-order valence-corrected chi connectivity index (χ3v) is 9.86. The van der Waals surface area contributed by atoms with Gasteiger partial charge in [-0.2, -0.15) is 0 Å². The summed E-state index contributed by atoms with van der Waals surface area (Å²) in [5.41, 5.74) is 12.7. The van der Waals surface area contributed by atoms with Crippen molar-refractivity contribution in [1.82, 2.24) is 4.57 Å². The maximum atomic E-state index is 6.35. The number of furan rings is 1. The summed E-state index contributed by atoms with van der Waals surface area (Å²) in [6, 6.07) is 49.7. The first-order chi connectivity index (χ1) is 23.6. The SMILES string of the molecule is CC1(C)c2cc(\C=c3/c(=C\C=C\Nc4ccccc4)oc4ccccc34)ccc2-c2ccc(-n3c4ccccc4c4ccccc43)cc21. The molecule has 0 unspecified atom stereocenters. The van der Waals surface area contributed by atoms with Crippen LogP contribution >= 0.6 is 0 Å². The van der Waals surface area contributed by atoms with E-state index in [2.05, 4.69) is 127 Å². The molecule has 0 saturated heterocycles. The Morgan fingerprint density at radius 2 is 1.25 bits per heavy atom. The van der Waals surface area contributed by atoms with Gasteiger partial charge in [0.1, 0.15) is 11.0 Å². The minimum Gasteiger partial charge on any atom is -0.456 e. The molecule has 1 N–H and O–H groups in total. The number of anilines is 1. The van der Waals surface area contributed by atoms with Crippen molar-refractivity contribution < 1.29 is 4.42 Å². The Labute approximate surface area is 279 Å². The molecule has 3 nitrogen and oxygen atoms in total. The second kappa shape index (κ2) is 11.0. The highest BCUT2D eigenvalue weighted by atomic mass is 16.3. The van der Waals surface area contributed by atoms with Crippen LogP contribution in [-0.4, -0.2) is 4.57 Å². The fourth-order valence-electron chi connectivity index (χ4n) is 7.51. The molecule has 9 rings (SSSR count). The topological polar surface area (TPSA) is 30.1 Å². The Bertz CT molecular complexity index is 2620. The molecule has 0 bridgehead atoms. The molecule has 2 heterocycles. The zero-order valence-corrected chi connectivity index (χ0v) is 26.9. The van der Waals surface area contributed by atoms with Crippen LogP contribution in [0.15, 0.2) is 156 Å². The van der Waals surface area contributed by atoms with Gasteiger partial charge in [0, 0.05) is 44.4 Å². The highest BCUT2D eigenvalue weighted by Crippen LogP contribution is 2.50. The number of rotatable bonds is 5. The molecule has 230 valence electrons. The number of hydrogen-bond acceptors (Lipinski definition) is 2. The third-order valence-electron chi connectivity index (χ3n) is 9.86. The standard InChI is InChI=1S/C45H34N2O/c1-45(2)39-28-30(27-38-37-17-8-11-20-43(37)48-44(38)21-12-26-46-31-13-4-3-5-14-31)22-24-33(39)34-25-23-32(29-40(34)45)47-41-18-9-6-15-35(41)36-16-7-10-19-42(36)47/h3-29,46H,1-2H3/b26-12+,38-27-,44-21+. The van der Waals surface area contributed by atoms with Gasteiger partial charge in [0.2, 0.25) is 0 Å². The molecule has 1 aliphatic carbocycles. The van der Waals surface area contributed by atoms with Gasteiger partial charge in [-0.3, -0.25) is 0 Å². The molecule has 1 aliphatic rings. The molecular formula is C45H34N2O. The van der Waals surface area contributed by atoms with Crippen LogP contribution in [-0.2, 0) is 5.41 Å². The van der Waals surface area contributed by atoms with Crippen LogP contribution in [0.5, 0.6) is 0 Å². The van der Waals surface area contributed by atoms with E-state index < -0.39 is 0 Å². The lowest BCUT2D eigenvalue weighted by atomic mass is 9.82. The summed E-state index contributed by atoms with van der Waals surface area (Å²) < 4.78 is 8.76. The zero-order valence-electron chi connectivity index (χ0n) is 26.9. The van der Waals surface area contributed by atoms with E-state index in [9.17, 15) is 0 Å². The largest absolute Gasteiger partial charge is 0.456 e. The average Bonchev–Trinajstić information content (AvgIpc) is 3.72. The summed E-state index contributed by atoms with van der Waals surface area (Å²) in [4.78, 5) is 0. The molecule has 3 heteroatoms. The first-order valence-electron chi connectivity index (χ1n) is 16.5. The minimum absolute atomic E-state index is 0.164. The van der Waals surface area contributed by atoms with Crippen LogP contribution in [0.4, 0.5) is 5.69 Å². The van der Waals surface area contributed by atoms with Crippen molar-refractivity contribution in [3.05, 3.63) is 179 Å². The monoisotopic (exact) mass is 618 g/mol. The molecular weight excluding hydrogens is 585 g/mol. The molecule has 2 aromatic heterocycles. The van der Waals surface area contributed by atoms with Gasteiger partial charge in [0.25, 0.3) is 0 Å². The van der Waals surface area contributed by atoms with Crippen LogP contribution in [0.3, 0.4) is 0 Å². The van der Waals surface area contributed by atoms with E-state index >= 15 is 0 Å². The first kappa shape index (κ1) is 28.2. The number of nitrogens with zero attached hydrogens (tertiary/aromatic N) is 1. The van der Waals surface area contributed by atoms with Crippen molar-refractivity contribution in [3.8, 4) is 16.8 Å². The molecule has 48 heavy (non-hydrogen) atoms. The number of fused-ring (bicyclic) bond motifs is 7. The van der Waals surface area contributed by atoms with Gasteiger partial charge in [-0.15, -0.1) is 0 Å². The third kappa shape index (κ3) is 4.51. The molecule has 6 aromatic carbocycles. The van der Waals surface area contributed by atoms with Gasteiger partial charge in [-0.25, -0.2) is 0 Å². The lowest BCUT2D eigenvalue weighted by Crippen LogP contribution is -2.20. The van der Waals surface area contributed by atoms with Gasteiger partial charge in [0.15, 0.2) is 0 Å². The van der Waals surface area contributed by atoms with E-state index in [1.54, 1.807) is 0 Å². The summed E-state index contributed by atoms with van der Waals surface area (Å²) in [5, 5.41) is 8.07. The van der Waals surface area contributed by atoms with E-state index in [0.717, 1.165) is 32.9 Å². The second-order valence-electron chi connectivity index (χ2n) is 13.1. The molecule has 0 fully saturated rings. The second-order valence-corrected chi connectivity index (χ2v) is 13.1. The Hall–Kier alpha value is -6.06. The minimum atomic E-state index is -0.164. The smallest absolute Gasteiger partial charge is 0.135 e. The van der Waals surface area contributed by atoms with Crippen LogP contribution in [0.1, 0.15) is 30.5 Å². The van der Waals surface area contributed by atoms with Crippen molar-refractivity contribution in [3.63, 3.8) is 0 Å². The highest BCUT2D eigenvalue weighted by Gasteiger charge is 2.36. The quantitative estimate of drug-likeness (QED) is 0.208. The molecule has 0 aliphatic heterocycles. The lowest BCUT2D eigenvalue weighted by Gasteiger charge is -2.22.